The number of nitrogens with one attached hydrogen (secondary N) is 1. The summed E-state index contributed by atoms with van der Waals surface area (Å²) in [6.07, 6.45) is 6.55. The Balaban J connectivity index is 2.03. The van der Waals surface area contributed by atoms with Crippen molar-refractivity contribution in [3.8, 4) is 5.82 Å². The van der Waals surface area contributed by atoms with Gasteiger partial charge in [-0.05, 0) is 12.1 Å². The molecule has 7 nitrogen and oxygen atoms in total. The smallest absolute Gasteiger partial charge is 0.307 e. The number of carbonyl (C=O) groups is 2. The summed E-state index contributed by atoms with van der Waals surface area (Å²) in [5.41, 5.74) is 0.522. The van der Waals surface area contributed by atoms with Crippen LogP contribution in [0, 0.1) is 11.8 Å². The number of hydrogen-bond donors (Lipinski definition) is 2. The second-order valence-electron chi connectivity index (χ2n) is 4.78. The molecule has 0 spiro atoms. The minimum absolute atomic E-state index is 0.345. The number of carboxylic acid groups (broad SMARTS) is 1. The average molecular weight is 288 g/mol. The summed E-state index contributed by atoms with van der Waals surface area (Å²) in [5, 5.41) is 11.6. The Labute approximate surface area is 121 Å². The Kier molecular flexibility index (Phi) is 4.32. The van der Waals surface area contributed by atoms with E-state index in [1.54, 1.807) is 42.3 Å². The van der Waals surface area contributed by atoms with Crippen LogP contribution in [0.2, 0.25) is 0 Å². The van der Waals surface area contributed by atoms with E-state index in [0.29, 0.717) is 11.5 Å². The molecule has 2 unspecified atom stereocenters. The molecule has 2 N–H and O–H groups in total. The van der Waals surface area contributed by atoms with Crippen LogP contribution in [0.4, 0.5) is 5.69 Å². The van der Waals surface area contributed by atoms with Crippen LogP contribution in [0.15, 0.2) is 37.1 Å². The monoisotopic (exact) mass is 288 g/mol. The second kappa shape index (κ2) is 6.17. The molecule has 0 aliphatic rings. The third kappa shape index (κ3) is 3.44. The number of aromatic nitrogens is 3. The molecule has 0 saturated heterocycles. The van der Waals surface area contributed by atoms with Gasteiger partial charge < -0.3 is 10.4 Å². The van der Waals surface area contributed by atoms with Crippen molar-refractivity contribution >= 4 is 17.6 Å². The number of carboxylic acids is 1. The molecule has 0 aliphatic heterocycles. The SMILES string of the molecule is CC(C(=O)O)C(C)C(=O)Nc1ccc(-n2ccnc2)nc1. The van der Waals surface area contributed by atoms with Crippen LogP contribution in [0.3, 0.4) is 0 Å². The van der Waals surface area contributed by atoms with Crippen molar-refractivity contribution in [2.24, 2.45) is 11.8 Å². The number of imidazole rings is 1. The molecule has 0 saturated carbocycles. The van der Waals surface area contributed by atoms with Crippen LogP contribution in [-0.2, 0) is 9.59 Å². The quantitative estimate of drug-likeness (QED) is 0.870. The van der Waals surface area contributed by atoms with E-state index < -0.39 is 17.8 Å². The van der Waals surface area contributed by atoms with Crippen molar-refractivity contribution in [1.82, 2.24) is 14.5 Å². The Morgan fingerprint density at radius 2 is 2.05 bits per heavy atom. The number of anilines is 1. The summed E-state index contributed by atoms with van der Waals surface area (Å²) >= 11 is 0. The number of hydrogen-bond acceptors (Lipinski definition) is 4. The topological polar surface area (TPSA) is 97.1 Å². The lowest BCUT2D eigenvalue weighted by atomic mass is 9.95. The molecule has 0 fully saturated rings. The van der Waals surface area contributed by atoms with Crippen molar-refractivity contribution < 1.29 is 14.7 Å². The zero-order valence-electron chi connectivity index (χ0n) is 11.7. The van der Waals surface area contributed by atoms with Gasteiger partial charge in [-0.25, -0.2) is 9.97 Å². The summed E-state index contributed by atoms with van der Waals surface area (Å²) < 4.78 is 1.74. The first-order valence-electron chi connectivity index (χ1n) is 6.47. The van der Waals surface area contributed by atoms with Crippen LogP contribution in [0.5, 0.6) is 0 Å². The van der Waals surface area contributed by atoms with Crippen LogP contribution in [0.1, 0.15) is 13.8 Å². The van der Waals surface area contributed by atoms with Gasteiger partial charge in [0.05, 0.1) is 17.8 Å². The molecular formula is C14H16N4O3. The fourth-order valence-electron chi connectivity index (χ4n) is 1.70. The van der Waals surface area contributed by atoms with E-state index in [4.69, 9.17) is 5.11 Å². The molecule has 1 amide bonds. The summed E-state index contributed by atoms with van der Waals surface area (Å²) in [7, 11) is 0. The van der Waals surface area contributed by atoms with E-state index >= 15 is 0 Å². The van der Waals surface area contributed by atoms with Gasteiger partial charge in [0.15, 0.2) is 0 Å². The van der Waals surface area contributed by atoms with Gasteiger partial charge >= 0.3 is 5.97 Å². The number of carbonyl (C=O) groups excluding carboxylic acids is 1. The normalized spacial score (nSPS) is 13.4. The molecule has 2 aromatic heterocycles. The molecule has 0 aromatic carbocycles. The van der Waals surface area contributed by atoms with E-state index in [1.807, 2.05) is 0 Å². The Bertz CT molecular complexity index is 622. The van der Waals surface area contributed by atoms with E-state index in [2.05, 4.69) is 15.3 Å². The zero-order valence-corrected chi connectivity index (χ0v) is 11.7. The maximum Gasteiger partial charge on any atom is 0.307 e. The molecule has 0 radical (unpaired) electrons. The third-order valence-electron chi connectivity index (χ3n) is 3.34. The molecule has 21 heavy (non-hydrogen) atoms. The van der Waals surface area contributed by atoms with Crippen LogP contribution < -0.4 is 5.32 Å². The van der Waals surface area contributed by atoms with Gasteiger partial charge in [0, 0.05) is 18.3 Å². The molecule has 2 aromatic rings. The van der Waals surface area contributed by atoms with E-state index in [0.717, 1.165) is 0 Å². The highest BCUT2D eigenvalue weighted by Crippen LogP contribution is 2.15. The lowest BCUT2D eigenvalue weighted by molar-refractivity contribution is -0.145. The minimum Gasteiger partial charge on any atom is -0.481 e. The summed E-state index contributed by atoms with van der Waals surface area (Å²) in [4.78, 5) is 31.0. The van der Waals surface area contributed by atoms with Gasteiger partial charge in [0.2, 0.25) is 5.91 Å². The number of pyridine rings is 1. The standard InChI is InChI=1S/C14H16N4O3/c1-9(10(2)14(20)21)13(19)17-11-3-4-12(16-7-11)18-6-5-15-8-18/h3-10H,1-2H3,(H,17,19)(H,20,21). The predicted molar refractivity (Wildman–Crippen MR) is 76.0 cm³/mol. The zero-order chi connectivity index (χ0) is 15.4. The maximum atomic E-state index is 12.0. The Morgan fingerprint density at radius 1 is 1.29 bits per heavy atom. The summed E-state index contributed by atoms with van der Waals surface area (Å²) in [5.74, 6) is -2.04. The van der Waals surface area contributed by atoms with Gasteiger partial charge in [0.25, 0.3) is 0 Å². The molecule has 0 bridgehead atoms. The molecule has 7 heteroatoms. The van der Waals surface area contributed by atoms with Crippen molar-refractivity contribution in [2.45, 2.75) is 13.8 Å². The van der Waals surface area contributed by atoms with Gasteiger partial charge in [-0.15, -0.1) is 0 Å². The number of aliphatic carboxylic acids is 1. The highest BCUT2D eigenvalue weighted by Gasteiger charge is 2.25. The predicted octanol–water partition coefficient (Wildman–Crippen LogP) is 1.56. The summed E-state index contributed by atoms with van der Waals surface area (Å²) in [6, 6.07) is 3.45. The first-order chi connectivity index (χ1) is 9.99. The summed E-state index contributed by atoms with van der Waals surface area (Å²) in [6.45, 7) is 3.09. The molecule has 0 aliphatic carbocycles. The fraction of sp³-hybridized carbons (Fsp3) is 0.286. The largest absolute Gasteiger partial charge is 0.481 e. The number of rotatable bonds is 5. The van der Waals surface area contributed by atoms with E-state index in [9.17, 15) is 9.59 Å². The van der Waals surface area contributed by atoms with Crippen LogP contribution >= 0.6 is 0 Å². The van der Waals surface area contributed by atoms with Crippen LogP contribution in [-0.4, -0.2) is 31.5 Å². The van der Waals surface area contributed by atoms with Crippen molar-refractivity contribution in [2.75, 3.05) is 5.32 Å². The van der Waals surface area contributed by atoms with Crippen molar-refractivity contribution in [3.63, 3.8) is 0 Å². The van der Waals surface area contributed by atoms with Gasteiger partial charge in [-0.2, -0.15) is 0 Å². The molecule has 2 heterocycles. The lowest BCUT2D eigenvalue weighted by Crippen LogP contribution is -2.30. The fourth-order valence-corrected chi connectivity index (χ4v) is 1.70. The first kappa shape index (κ1) is 14.7. The number of amides is 1. The molecule has 2 atom stereocenters. The minimum atomic E-state index is -0.994. The highest BCUT2D eigenvalue weighted by atomic mass is 16.4. The van der Waals surface area contributed by atoms with Gasteiger partial charge in [0.1, 0.15) is 12.1 Å². The van der Waals surface area contributed by atoms with Crippen molar-refractivity contribution in [3.05, 3.63) is 37.1 Å². The van der Waals surface area contributed by atoms with Gasteiger partial charge in [-0.1, -0.05) is 13.8 Å². The van der Waals surface area contributed by atoms with E-state index in [-0.39, 0.29) is 5.91 Å². The van der Waals surface area contributed by atoms with Gasteiger partial charge in [-0.3, -0.25) is 14.2 Å². The molecular weight excluding hydrogens is 272 g/mol. The molecule has 110 valence electrons. The van der Waals surface area contributed by atoms with Crippen LogP contribution in [0.25, 0.3) is 5.82 Å². The Hall–Kier alpha value is -2.70. The van der Waals surface area contributed by atoms with Crippen molar-refractivity contribution in [1.29, 1.82) is 0 Å². The average Bonchev–Trinajstić information content (AvgIpc) is 3.00. The Morgan fingerprint density at radius 3 is 2.57 bits per heavy atom. The lowest BCUT2D eigenvalue weighted by Gasteiger charge is -2.15. The highest BCUT2D eigenvalue weighted by molar-refractivity contribution is 5.94. The first-order valence-corrected chi connectivity index (χ1v) is 6.47. The van der Waals surface area contributed by atoms with E-state index in [1.165, 1.54) is 13.1 Å². The number of nitrogens with zero attached hydrogens (tertiary/aromatic N) is 3. The second-order valence-corrected chi connectivity index (χ2v) is 4.78. The maximum absolute atomic E-state index is 12.0. The molecule has 2 rings (SSSR count). The third-order valence-corrected chi connectivity index (χ3v) is 3.34.